The number of likely N-dealkylation sites (N-methyl/N-ethyl adjacent to an activating group) is 1. The van der Waals surface area contributed by atoms with Gasteiger partial charge in [-0.2, -0.15) is 0 Å². The van der Waals surface area contributed by atoms with Crippen LogP contribution in [0.4, 0.5) is 5.69 Å². The number of nitrogens with two attached hydrogens (primary N) is 1. The van der Waals surface area contributed by atoms with Crippen LogP contribution in [-0.2, 0) is 6.42 Å². The molecule has 0 saturated carbocycles. The van der Waals surface area contributed by atoms with Gasteiger partial charge in [0.05, 0.1) is 0 Å². The Balaban J connectivity index is 1.89. The lowest BCUT2D eigenvalue weighted by atomic mass is 9.97. The van der Waals surface area contributed by atoms with Crippen molar-refractivity contribution in [3.63, 3.8) is 0 Å². The monoisotopic (exact) mass is 259 g/mol. The highest BCUT2D eigenvalue weighted by Crippen LogP contribution is 2.35. The minimum atomic E-state index is 0.295. The molecule has 3 heteroatoms. The van der Waals surface area contributed by atoms with Gasteiger partial charge in [0.15, 0.2) is 0 Å². The summed E-state index contributed by atoms with van der Waals surface area (Å²) in [5.41, 5.74) is 10.7. The Hall–Kier alpha value is -1.06. The van der Waals surface area contributed by atoms with Crippen LogP contribution in [0.5, 0.6) is 0 Å². The zero-order valence-corrected chi connectivity index (χ0v) is 12.1. The zero-order valence-electron chi connectivity index (χ0n) is 12.1. The van der Waals surface area contributed by atoms with Crippen molar-refractivity contribution in [2.24, 2.45) is 5.73 Å². The normalized spacial score (nSPS) is 27.0. The van der Waals surface area contributed by atoms with Gasteiger partial charge in [0.1, 0.15) is 0 Å². The molecule has 19 heavy (non-hydrogen) atoms. The van der Waals surface area contributed by atoms with Crippen LogP contribution in [0.1, 0.15) is 36.9 Å². The highest BCUT2D eigenvalue weighted by molar-refractivity contribution is 5.58. The second-order valence-corrected chi connectivity index (χ2v) is 5.99. The van der Waals surface area contributed by atoms with Crippen molar-refractivity contribution in [3.05, 3.63) is 29.3 Å². The number of fused-ring (bicyclic) bond motifs is 1. The van der Waals surface area contributed by atoms with Crippen molar-refractivity contribution in [1.29, 1.82) is 0 Å². The van der Waals surface area contributed by atoms with Gasteiger partial charge in [-0.15, -0.1) is 0 Å². The Bertz CT molecular complexity index is 455. The second-order valence-electron chi connectivity index (χ2n) is 5.99. The molecule has 1 fully saturated rings. The molecule has 0 spiro atoms. The van der Waals surface area contributed by atoms with Crippen molar-refractivity contribution in [2.45, 2.75) is 38.3 Å². The third kappa shape index (κ3) is 2.26. The highest BCUT2D eigenvalue weighted by Gasteiger charge is 2.32. The predicted octanol–water partition coefficient (Wildman–Crippen LogP) is 2.16. The lowest BCUT2D eigenvalue weighted by molar-refractivity contribution is 0.248. The summed E-state index contributed by atoms with van der Waals surface area (Å²) in [5, 5.41) is 0. The summed E-state index contributed by atoms with van der Waals surface area (Å²) < 4.78 is 0. The number of likely N-dealkylation sites (tertiary alicyclic amines) is 1. The van der Waals surface area contributed by atoms with Gasteiger partial charge in [-0.3, -0.25) is 4.90 Å². The van der Waals surface area contributed by atoms with E-state index in [9.17, 15) is 0 Å². The summed E-state index contributed by atoms with van der Waals surface area (Å²) in [6.45, 7) is 5.71. The molecule has 3 nitrogen and oxygen atoms in total. The van der Waals surface area contributed by atoms with Crippen LogP contribution in [0.15, 0.2) is 18.2 Å². The molecule has 3 rings (SSSR count). The molecule has 1 aromatic carbocycles. The molecular formula is C16H25N3. The van der Waals surface area contributed by atoms with Crippen molar-refractivity contribution in [2.75, 3.05) is 31.6 Å². The molecule has 1 saturated heterocycles. The van der Waals surface area contributed by atoms with Crippen molar-refractivity contribution < 1.29 is 0 Å². The topological polar surface area (TPSA) is 32.5 Å². The number of nitrogens with zero attached hydrogens (tertiary/aromatic N) is 2. The van der Waals surface area contributed by atoms with Gasteiger partial charge in [-0.05, 0) is 43.0 Å². The molecule has 104 valence electrons. The van der Waals surface area contributed by atoms with E-state index >= 15 is 0 Å². The Labute approximate surface area is 116 Å². The first-order valence-electron chi connectivity index (χ1n) is 7.54. The Morgan fingerprint density at radius 1 is 1.32 bits per heavy atom. The first-order valence-corrected chi connectivity index (χ1v) is 7.54. The van der Waals surface area contributed by atoms with Crippen molar-refractivity contribution in [3.8, 4) is 0 Å². The van der Waals surface area contributed by atoms with Crippen LogP contribution in [0, 0.1) is 0 Å². The molecule has 0 bridgehead atoms. The molecule has 2 unspecified atom stereocenters. The zero-order chi connectivity index (χ0) is 13.4. The molecular weight excluding hydrogens is 234 g/mol. The molecule has 2 atom stereocenters. The van der Waals surface area contributed by atoms with Gasteiger partial charge >= 0.3 is 0 Å². The van der Waals surface area contributed by atoms with E-state index in [1.54, 1.807) is 0 Å². The highest BCUT2D eigenvalue weighted by atomic mass is 15.2. The maximum absolute atomic E-state index is 6.35. The van der Waals surface area contributed by atoms with E-state index in [1.807, 2.05) is 0 Å². The van der Waals surface area contributed by atoms with Gasteiger partial charge < -0.3 is 10.6 Å². The van der Waals surface area contributed by atoms with Crippen LogP contribution in [-0.4, -0.2) is 37.6 Å². The van der Waals surface area contributed by atoms with Crippen molar-refractivity contribution in [1.82, 2.24) is 4.90 Å². The number of anilines is 1. The molecule has 0 amide bonds. The molecule has 0 aromatic heterocycles. The lowest BCUT2D eigenvalue weighted by Gasteiger charge is -2.27. The number of benzene rings is 1. The van der Waals surface area contributed by atoms with Gasteiger partial charge in [0.25, 0.3) is 0 Å². The quantitative estimate of drug-likeness (QED) is 0.903. The van der Waals surface area contributed by atoms with Crippen LogP contribution >= 0.6 is 0 Å². The standard InChI is InChI=1S/C16H25N3/c1-3-8-19-10-7-14(17)16(19)13-4-5-15-12(11-13)6-9-18(15)2/h4-5,11,14,16H,3,6-10,17H2,1-2H3. The third-order valence-electron chi connectivity index (χ3n) is 4.63. The maximum atomic E-state index is 6.35. The van der Waals surface area contributed by atoms with E-state index in [4.69, 9.17) is 5.73 Å². The lowest BCUT2D eigenvalue weighted by Crippen LogP contribution is -2.32. The SMILES string of the molecule is CCCN1CCC(N)C1c1ccc2c(c1)CCN2C. The molecule has 2 aliphatic heterocycles. The van der Waals surface area contributed by atoms with E-state index in [0.29, 0.717) is 12.1 Å². The maximum Gasteiger partial charge on any atom is 0.0499 e. The van der Waals surface area contributed by atoms with E-state index in [1.165, 1.54) is 29.7 Å². The van der Waals surface area contributed by atoms with E-state index in [2.05, 4.69) is 42.0 Å². The number of rotatable bonds is 3. The summed E-state index contributed by atoms with van der Waals surface area (Å²) in [5.74, 6) is 0. The van der Waals surface area contributed by atoms with Gasteiger partial charge in [-0.25, -0.2) is 0 Å². The average molecular weight is 259 g/mol. The van der Waals surface area contributed by atoms with Crippen LogP contribution in [0.2, 0.25) is 0 Å². The molecule has 2 aliphatic rings. The fourth-order valence-corrected chi connectivity index (χ4v) is 3.65. The Morgan fingerprint density at radius 2 is 2.16 bits per heavy atom. The van der Waals surface area contributed by atoms with E-state index < -0.39 is 0 Å². The molecule has 1 aromatic rings. The van der Waals surface area contributed by atoms with E-state index in [-0.39, 0.29) is 0 Å². The minimum absolute atomic E-state index is 0.295. The average Bonchev–Trinajstić information content (AvgIpc) is 2.94. The minimum Gasteiger partial charge on any atom is -0.374 e. The summed E-state index contributed by atoms with van der Waals surface area (Å²) in [6, 6.07) is 7.70. The first kappa shape index (κ1) is 12.9. The molecule has 2 heterocycles. The van der Waals surface area contributed by atoms with Crippen molar-refractivity contribution >= 4 is 5.69 Å². The first-order chi connectivity index (χ1) is 9.20. The molecule has 0 radical (unpaired) electrons. The smallest absolute Gasteiger partial charge is 0.0499 e. The van der Waals surface area contributed by atoms with Gasteiger partial charge in [0.2, 0.25) is 0 Å². The van der Waals surface area contributed by atoms with Crippen LogP contribution < -0.4 is 10.6 Å². The Kier molecular flexibility index (Phi) is 3.50. The van der Waals surface area contributed by atoms with Crippen LogP contribution in [0.25, 0.3) is 0 Å². The molecule has 0 aliphatic carbocycles. The number of hydrogen-bond donors (Lipinski definition) is 1. The van der Waals surface area contributed by atoms with Crippen LogP contribution in [0.3, 0.4) is 0 Å². The van der Waals surface area contributed by atoms with Gasteiger partial charge in [-0.1, -0.05) is 19.1 Å². The number of hydrogen-bond acceptors (Lipinski definition) is 3. The summed E-state index contributed by atoms with van der Waals surface area (Å²) in [4.78, 5) is 4.91. The largest absolute Gasteiger partial charge is 0.374 e. The Morgan fingerprint density at radius 3 is 2.95 bits per heavy atom. The summed E-state index contributed by atoms with van der Waals surface area (Å²) >= 11 is 0. The fraction of sp³-hybridized carbons (Fsp3) is 0.625. The van der Waals surface area contributed by atoms with E-state index in [0.717, 1.165) is 26.1 Å². The summed E-state index contributed by atoms with van der Waals surface area (Å²) in [6.07, 6.45) is 3.51. The predicted molar refractivity (Wildman–Crippen MR) is 80.6 cm³/mol. The third-order valence-corrected chi connectivity index (χ3v) is 4.63. The van der Waals surface area contributed by atoms with Gasteiger partial charge in [0, 0.05) is 37.9 Å². The fourth-order valence-electron chi connectivity index (χ4n) is 3.65. The molecule has 2 N–H and O–H groups in total. The second kappa shape index (κ2) is 5.14. The summed E-state index contributed by atoms with van der Waals surface area (Å²) in [7, 11) is 2.18.